The Hall–Kier alpha value is -1.03. The van der Waals surface area contributed by atoms with Crippen molar-refractivity contribution in [2.75, 3.05) is 0 Å². The van der Waals surface area contributed by atoms with Gasteiger partial charge in [0.2, 0.25) is 0 Å². The number of hydrogen-bond acceptors (Lipinski definition) is 4. The summed E-state index contributed by atoms with van der Waals surface area (Å²) in [6.07, 6.45) is 2.55. The molecular formula is C10H11NO2S. The molecule has 1 fully saturated rings. The molecule has 3 nitrogen and oxygen atoms in total. The Balaban J connectivity index is 2.02. The zero-order chi connectivity index (χ0) is 9.97. The van der Waals surface area contributed by atoms with Crippen molar-refractivity contribution in [1.82, 2.24) is 4.98 Å². The molecule has 1 aliphatic rings. The molecule has 1 aromatic rings. The predicted molar refractivity (Wildman–Crippen MR) is 54.1 cm³/mol. The zero-order valence-corrected chi connectivity index (χ0v) is 8.66. The Kier molecular flexibility index (Phi) is 2.72. The average molecular weight is 209 g/mol. The summed E-state index contributed by atoms with van der Waals surface area (Å²) in [6, 6.07) is 5.68. The average Bonchev–Trinajstić information content (AvgIpc) is 2.47. The third kappa shape index (κ3) is 2.07. The smallest absolute Gasteiger partial charge is 0.319 e. The lowest BCUT2D eigenvalue weighted by molar-refractivity contribution is -0.140. The highest BCUT2D eigenvalue weighted by Gasteiger charge is 2.32. The summed E-state index contributed by atoms with van der Waals surface area (Å²) in [4.78, 5) is 15.5. The molecule has 14 heavy (non-hydrogen) atoms. The van der Waals surface area contributed by atoms with Gasteiger partial charge in [0, 0.05) is 12.6 Å². The van der Waals surface area contributed by atoms with E-state index in [-0.39, 0.29) is 17.3 Å². The fourth-order valence-corrected chi connectivity index (χ4v) is 2.47. The number of hydrogen-bond donors (Lipinski definition) is 0. The van der Waals surface area contributed by atoms with Gasteiger partial charge in [0.15, 0.2) is 0 Å². The summed E-state index contributed by atoms with van der Waals surface area (Å²) < 4.78 is 5.06. The van der Waals surface area contributed by atoms with Crippen molar-refractivity contribution < 1.29 is 9.53 Å². The molecule has 2 heterocycles. The van der Waals surface area contributed by atoms with E-state index < -0.39 is 0 Å². The Bertz CT molecular complexity index is 328. The number of nitrogens with zero attached hydrogens (tertiary/aromatic N) is 1. The van der Waals surface area contributed by atoms with Gasteiger partial charge in [0.1, 0.15) is 11.4 Å². The molecule has 74 valence electrons. The second-order valence-electron chi connectivity index (χ2n) is 3.26. The van der Waals surface area contributed by atoms with E-state index in [9.17, 15) is 4.79 Å². The molecule has 0 bridgehead atoms. The normalized spacial score (nSPS) is 26.2. The fraction of sp³-hybridized carbons (Fsp3) is 0.400. The molecule has 2 rings (SSSR count). The van der Waals surface area contributed by atoms with E-state index in [0.717, 1.165) is 11.4 Å². The van der Waals surface area contributed by atoms with Crippen LogP contribution < -0.4 is 0 Å². The Labute approximate surface area is 86.9 Å². The minimum absolute atomic E-state index is 0.0451. The van der Waals surface area contributed by atoms with Crippen LogP contribution in [0.2, 0.25) is 0 Å². The predicted octanol–water partition coefficient (Wildman–Crippen LogP) is 1.88. The molecule has 1 aliphatic heterocycles. The lowest BCUT2D eigenvalue weighted by Gasteiger charge is -2.02. The van der Waals surface area contributed by atoms with Gasteiger partial charge in [-0.1, -0.05) is 17.8 Å². The summed E-state index contributed by atoms with van der Waals surface area (Å²) in [5.41, 5.74) is 0. The first-order chi connectivity index (χ1) is 6.75. The molecule has 0 amide bonds. The molecule has 1 aromatic heterocycles. The van der Waals surface area contributed by atoms with Gasteiger partial charge in [-0.15, -0.1) is 0 Å². The van der Waals surface area contributed by atoms with Crippen molar-refractivity contribution in [1.29, 1.82) is 0 Å². The van der Waals surface area contributed by atoms with Crippen LogP contribution in [0.25, 0.3) is 0 Å². The number of thioether (sulfide) groups is 1. The topological polar surface area (TPSA) is 39.2 Å². The van der Waals surface area contributed by atoms with Crippen LogP contribution in [0.1, 0.15) is 13.3 Å². The van der Waals surface area contributed by atoms with Gasteiger partial charge < -0.3 is 4.74 Å². The SMILES string of the molecule is C[C@H]1C[C@H](Sc2ccccn2)C(=O)O1. The quantitative estimate of drug-likeness (QED) is 0.697. The molecular weight excluding hydrogens is 198 g/mol. The van der Waals surface area contributed by atoms with E-state index in [1.165, 1.54) is 11.8 Å². The highest BCUT2D eigenvalue weighted by Crippen LogP contribution is 2.30. The number of rotatable bonds is 2. The third-order valence-corrected chi connectivity index (χ3v) is 3.18. The van der Waals surface area contributed by atoms with Crippen molar-refractivity contribution in [2.45, 2.75) is 29.7 Å². The Morgan fingerprint density at radius 1 is 1.57 bits per heavy atom. The molecule has 0 N–H and O–H groups in total. The van der Waals surface area contributed by atoms with E-state index in [2.05, 4.69) is 4.98 Å². The minimum Gasteiger partial charge on any atom is -0.462 e. The number of esters is 1. The zero-order valence-electron chi connectivity index (χ0n) is 7.84. The lowest BCUT2D eigenvalue weighted by Crippen LogP contribution is -2.09. The number of ether oxygens (including phenoxy) is 1. The van der Waals surface area contributed by atoms with E-state index in [0.29, 0.717) is 0 Å². The van der Waals surface area contributed by atoms with Gasteiger partial charge in [-0.2, -0.15) is 0 Å². The van der Waals surface area contributed by atoms with Crippen LogP contribution in [0, 0.1) is 0 Å². The summed E-state index contributed by atoms with van der Waals surface area (Å²) >= 11 is 1.48. The van der Waals surface area contributed by atoms with Crippen LogP contribution in [0.4, 0.5) is 0 Å². The standard InChI is InChI=1S/C10H11NO2S/c1-7-6-8(10(12)13-7)14-9-4-2-3-5-11-9/h2-5,7-8H,6H2,1H3/t7-,8-/m0/s1. The van der Waals surface area contributed by atoms with Gasteiger partial charge in [0.05, 0.1) is 5.03 Å². The monoisotopic (exact) mass is 209 g/mol. The molecule has 0 radical (unpaired) electrons. The number of carbonyl (C=O) groups excluding carboxylic acids is 1. The first-order valence-corrected chi connectivity index (χ1v) is 5.42. The summed E-state index contributed by atoms with van der Waals surface area (Å²) in [6.45, 7) is 1.91. The lowest BCUT2D eigenvalue weighted by atomic mass is 10.3. The van der Waals surface area contributed by atoms with E-state index in [1.54, 1.807) is 6.20 Å². The number of carbonyl (C=O) groups is 1. The van der Waals surface area contributed by atoms with Crippen molar-refractivity contribution in [3.8, 4) is 0 Å². The van der Waals surface area contributed by atoms with E-state index in [1.807, 2.05) is 25.1 Å². The Morgan fingerprint density at radius 2 is 2.43 bits per heavy atom. The van der Waals surface area contributed by atoms with Crippen LogP contribution in [0.15, 0.2) is 29.4 Å². The molecule has 0 spiro atoms. The van der Waals surface area contributed by atoms with Crippen molar-refractivity contribution >= 4 is 17.7 Å². The number of pyridine rings is 1. The first kappa shape index (κ1) is 9.52. The molecule has 0 aromatic carbocycles. The first-order valence-electron chi connectivity index (χ1n) is 4.54. The van der Waals surface area contributed by atoms with Crippen LogP contribution in [0.5, 0.6) is 0 Å². The van der Waals surface area contributed by atoms with Crippen LogP contribution in [-0.2, 0) is 9.53 Å². The molecule has 0 unspecified atom stereocenters. The summed E-state index contributed by atoms with van der Waals surface area (Å²) in [5, 5.41) is 0.795. The van der Waals surface area contributed by atoms with Gasteiger partial charge in [-0.3, -0.25) is 4.79 Å². The molecule has 2 atom stereocenters. The fourth-order valence-electron chi connectivity index (χ4n) is 1.38. The summed E-state index contributed by atoms with van der Waals surface area (Å²) in [5.74, 6) is -0.117. The molecule has 0 saturated carbocycles. The number of aromatic nitrogens is 1. The van der Waals surface area contributed by atoms with Gasteiger partial charge in [0.25, 0.3) is 0 Å². The van der Waals surface area contributed by atoms with E-state index >= 15 is 0 Å². The molecule has 1 saturated heterocycles. The van der Waals surface area contributed by atoms with E-state index in [4.69, 9.17) is 4.74 Å². The molecule has 0 aliphatic carbocycles. The van der Waals surface area contributed by atoms with Crippen molar-refractivity contribution in [3.05, 3.63) is 24.4 Å². The minimum atomic E-state index is -0.117. The largest absolute Gasteiger partial charge is 0.462 e. The van der Waals surface area contributed by atoms with Crippen molar-refractivity contribution in [2.24, 2.45) is 0 Å². The van der Waals surface area contributed by atoms with Gasteiger partial charge in [-0.05, 0) is 19.1 Å². The van der Waals surface area contributed by atoms with Crippen molar-refractivity contribution in [3.63, 3.8) is 0 Å². The highest BCUT2D eigenvalue weighted by atomic mass is 32.2. The van der Waals surface area contributed by atoms with Crippen LogP contribution >= 0.6 is 11.8 Å². The Morgan fingerprint density at radius 3 is 3.00 bits per heavy atom. The maximum Gasteiger partial charge on any atom is 0.319 e. The van der Waals surface area contributed by atoms with Crippen LogP contribution in [-0.4, -0.2) is 22.3 Å². The third-order valence-electron chi connectivity index (χ3n) is 2.03. The molecule has 4 heteroatoms. The van der Waals surface area contributed by atoms with Gasteiger partial charge in [-0.25, -0.2) is 4.98 Å². The summed E-state index contributed by atoms with van der Waals surface area (Å²) in [7, 11) is 0. The second kappa shape index (κ2) is 4.00. The maximum atomic E-state index is 11.3. The maximum absolute atomic E-state index is 11.3. The number of cyclic esters (lactones) is 1. The van der Waals surface area contributed by atoms with Gasteiger partial charge >= 0.3 is 5.97 Å². The highest BCUT2D eigenvalue weighted by molar-refractivity contribution is 8.00. The second-order valence-corrected chi connectivity index (χ2v) is 4.48. The van der Waals surface area contributed by atoms with Crippen LogP contribution in [0.3, 0.4) is 0 Å².